The first-order valence-corrected chi connectivity index (χ1v) is 5.36. The molecule has 0 aliphatic heterocycles. The standard InChI is InChI=1S/C14H10ClN/c1-10-6-7-13(14(15)8-10)12-5-3-2-4-11(12)9-16/h2-8H,1H3. The van der Waals surface area contributed by atoms with E-state index < -0.39 is 0 Å². The van der Waals surface area contributed by atoms with Crippen molar-refractivity contribution in [3.05, 3.63) is 58.6 Å². The van der Waals surface area contributed by atoms with Crippen LogP contribution in [0.1, 0.15) is 11.1 Å². The maximum absolute atomic E-state index is 9.03. The molecular formula is C14H10ClN. The van der Waals surface area contributed by atoms with Gasteiger partial charge in [-0.1, -0.05) is 41.9 Å². The first kappa shape index (κ1) is 10.7. The van der Waals surface area contributed by atoms with Crippen LogP contribution in [0.2, 0.25) is 5.02 Å². The van der Waals surface area contributed by atoms with E-state index in [1.807, 2.05) is 43.3 Å². The molecule has 0 fully saturated rings. The number of nitrogens with zero attached hydrogens (tertiary/aromatic N) is 1. The summed E-state index contributed by atoms with van der Waals surface area (Å²) in [6, 6.07) is 15.5. The maximum atomic E-state index is 9.03. The van der Waals surface area contributed by atoms with Crippen LogP contribution in [0.4, 0.5) is 0 Å². The molecule has 0 saturated carbocycles. The predicted octanol–water partition coefficient (Wildman–Crippen LogP) is 4.19. The fraction of sp³-hybridized carbons (Fsp3) is 0.0714. The molecule has 2 rings (SSSR count). The minimum atomic E-state index is 0.647. The highest BCUT2D eigenvalue weighted by Crippen LogP contribution is 2.30. The second-order valence-electron chi connectivity index (χ2n) is 3.64. The van der Waals surface area contributed by atoms with Gasteiger partial charge in [0.25, 0.3) is 0 Å². The Bertz CT molecular complexity index is 567. The van der Waals surface area contributed by atoms with Crippen molar-refractivity contribution in [2.75, 3.05) is 0 Å². The lowest BCUT2D eigenvalue weighted by Gasteiger charge is -2.07. The molecule has 0 heterocycles. The summed E-state index contributed by atoms with van der Waals surface area (Å²) in [5, 5.41) is 9.72. The average molecular weight is 228 g/mol. The molecule has 0 spiro atoms. The van der Waals surface area contributed by atoms with E-state index >= 15 is 0 Å². The van der Waals surface area contributed by atoms with Crippen LogP contribution in [0.5, 0.6) is 0 Å². The van der Waals surface area contributed by atoms with E-state index in [9.17, 15) is 0 Å². The minimum Gasteiger partial charge on any atom is -0.192 e. The Labute approximate surface area is 99.9 Å². The largest absolute Gasteiger partial charge is 0.192 e. The van der Waals surface area contributed by atoms with E-state index in [0.29, 0.717) is 10.6 Å². The Balaban J connectivity index is 2.64. The zero-order valence-corrected chi connectivity index (χ0v) is 9.62. The summed E-state index contributed by atoms with van der Waals surface area (Å²) >= 11 is 6.18. The van der Waals surface area contributed by atoms with Gasteiger partial charge in [0.05, 0.1) is 11.6 Å². The van der Waals surface area contributed by atoms with Crippen LogP contribution in [0.3, 0.4) is 0 Å². The van der Waals surface area contributed by atoms with E-state index in [-0.39, 0.29) is 0 Å². The maximum Gasteiger partial charge on any atom is 0.0998 e. The van der Waals surface area contributed by atoms with Crippen LogP contribution >= 0.6 is 11.6 Å². The molecule has 0 aliphatic carbocycles. The van der Waals surface area contributed by atoms with Gasteiger partial charge in [-0.3, -0.25) is 0 Å². The number of aryl methyl sites for hydroxylation is 1. The monoisotopic (exact) mass is 227 g/mol. The summed E-state index contributed by atoms with van der Waals surface area (Å²) in [6.07, 6.45) is 0. The molecule has 0 bridgehead atoms. The van der Waals surface area contributed by atoms with Crippen LogP contribution in [-0.2, 0) is 0 Å². The third-order valence-electron chi connectivity index (χ3n) is 2.46. The van der Waals surface area contributed by atoms with Gasteiger partial charge >= 0.3 is 0 Å². The van der Waals surface area contributed by atoms with Crippen molar-refractivity contribution in [1.82, 2.24) is 0 Å². The molecule has 2 aromatic rings. The zero-order valence-electron chi connectivity index (χ0n) is 8.87. The highest BCUT2D eigenvalue weighted by molar-refractivity contribution is 6.33. The Morgan fingerprint density at radius 2 is 1.81 bits per heavy atom. The van der Waals surface area contributed by atoms with Gasteiger partial charge < -0.3 is 0 Å². The Kier molecular flexibility index (Phi) is 2.94. The van der Waals surface area contributed by atoms with Crippen LogP contribution in [0.15, 0.2) is 42.5 Å². The van der Waals surface area contributed by atoms with Crippen LogP contribution < -0.4 is 0 Å². The third kappa shape index (κ3) is 1.93. The summed E-state index contributed by atoms with van der Waals surface area (Å²) in [4.78, 5) is 0. The summed E-state index contributed by atoms with van der Waals surface area (Å²) in [5.41, 5.74) is 3.55. The molecule has 0 atom stereocenters. The van der Waals surface area contributed by atoms with Crippen molar-refractivity contribution in [1.29, 1.82) is 5.26 Å². The minimum absolute atomic E-state index is 0.647. The van der Waals surface area contributed by atoms with E-state index in [2.05, 4.69) is 6.07 Å². The van der Waals surface area contributed by atoms with Gasteiger partial charge in [0.1, 0.15) is 0 Å². The first-order valence-electron chi connectivity index (χ1n) is 4.98. The third-order valence-corrected chi connectivity index (χ3v) is 2.77. The summed E-state index contributed by atoms with van der Waals surface area (Å²) in [6.45, 7) is 1.99. The number of rotatable bonds is 1. The fourth-order valence-electron chi connectivity index (χ4n) is 1.65. The SMILES string of the molecule is Cc1ccc(-c2ccccc2C#N)c(Cl)c1. The molecule has 1 nitrogen and oxygen atoms in total. The lowest BCUT2D eigenvalue weighted by molar-refractivity contribution is 1.45. The quantitative estimate of drug-likeness (QED) is 0.717. The van der Waals surface area contributed by atoms with Gasteiger partial charge in [0, 0.05) is 16.1 Å². The van der Waals surface area contributed by atoms with E-state index in [1.54, 1.807) is 6.07 Å². The molecule has 0 radical (unpaired) electrons. The number of halogens is 1. The van der Waals surface area contributed by atoms with E-state index in [4.69, 9.17) is 16.9 Å². The molecule has 0 amide bonds. The molecular weight excluding hydrogens is 218 g/mol. The highest BCUT2D eigenvalue weighted by atomic mass is 35.5. The number of nitriles is 1. The smallest absolute Gasteiger partial charge is 0.0998 e. The van der Waals surface area contributed by atoms with E-state index in [1.165, 1.54) is 0 Å². The number of benzene rings is 2. The van der Waals surface area contributed by atoms with Crippen molar-refractivity contribution >= 4 is 11.6 Å². The fourth-order valence-corrected chi connectivity index (χ4v) is 1.99. The molecule has 0 N–H and O–H groups in total. The Hall–Kier alpha value is -1.78. The van der Waals surface area contributed by atoms with Crippen LogP contribution in [0, 0.1) is 18.3 Å². The molecule has 2 heteroatoms. The van der Waals surface area contributed by atoms with Crippen molar-refractivity contribution in [2.45, 2.75) is 6.92 Å². The van der Waals surface area contributed by atoms with Crippen LogP contribution in [-0.4, -0.2) is 0 Å². The van der Waals surface area contributed by atoms with Gasteiger partial charge in [0.15, 0.2) is 0 Å². The predicted molar refractivity (Wildman–Crippen MR) is 66.3 cm³/mol. The molecule has 0 aliphatic rings. The lowest BCUT2D eigenvalue weighted by atomic mass is 9.99. The second-order valence-corrected chi connectivity index (χ2v) is 4.05. The number of hydrogen-bond acceptors (Lipinski definition) is 1. The van der Waals surface area contributed by atoms with Crippen molar-refractivity contribution in [3.63, 3.8) is 0 Å². The second kappa shape index (κ2) is 4.38. The highest BCUT2D eigenvalue weighted by Gasteiger charge is 2.07. The molecule has 78 valence electrons. The lowest BCUT2D eigenvalue weighted by Crippen LogP contribution is -1.85. The normalized spacial score (nSPS) is 9.81. The Morgan fingerprint density at radius 3 is 2.50 bits per heavy atom. The zero-order chi connectivity index (χ0) is 11.5. The summed E-state index contributed by atoms with van der Waals surface area (Å²) < 4.78 is 0. The topological polar surface area (TPSA) is 23.8 Å². The van der Waals surface area contributed by atoms with Gasteiger partial charge in [-0.2, -0.15) is 5.26 Å². The van der Waals surface area contributed by atoms with Gasteiger partial charge in [-0.05, 0) is 24.6 Å². The van der Waals surface area contributed by atoms with Gasteiger partial charge in [-0.15, -0.1) is 0 Å². The van der Waals surface area contributed by atoms with Gasteiger partial charge in [0.2, 0.25) is 0 Å². The van der Waals surface area contributed by atoms with E-state index in [0.717, 1.165) is 16.7 Å². The van der Waals surface area contributed by atoms with Crippen molar-refractivity contribution in [2.24, 2.45) is 0 Å². The molecule has 0 unspecified atom stereocenters. The summed E-state index contributed by atoms with van der Waals surface area (Å²) in [5.74, 6) is 0. The molecule has 2 aromatic carbocycles. The van der Waals surface area contributed by atoms with Crippen molar-refractivity contribution < 1.29 is 0 Å². The van der Waals surface area contributed by atoms with Gasteiger partial charge in [-0.25, -0.2) is 0 Å². The number of hydrogen-bond donors (Lipinski definition) is 0. The average Bonchev–Trinajstić information content (AvgIpc) is 2.29. The molecule has 0 saturated heterocycles. The molecule has 0 aromatic heterocycles. The summed E-state index contributed by atoms with van der Waals surface area (Å²) in [7, 11) is 0. The van der Waals surface area contributed by atoms with Crippen LogP contribution in [0.25, 0.3) is 11.1 Å². The first-order chi connectivity index (χ1) is 7.72. The van der Waals surface area contributed by atoms with Crippen molar-refractivity contribution in [3.8, 4) is 17.2 Å². The Morgan fingerprint density at radius 1 is 1.06 bits per heavy atom. The molecule has 16 heavy (non-hydrogen) atoms.